The van der Waals surface area contributed by atoms with Crippen LogP contribution in [0.3, 0.4) is 0 Å². The van der Waals surface area contributed by atoms with Gasteiger partial charge in [-0.2, -0.15) is 0 Å². The molecule has 1 N–H and O–H groups in total. The number of aliphatic hydroxyl groups excluding tert-OH is 1. The summed E-state index contributed by atoms with van der Waals surface area (Å²) in [6.45, 7) is 1.35. The molecule has 0 radical (unpaired) electrons. The van der Waals surface area contributed by atoms with Crippen LogP contribution in [0.5, 0.6) is 0 Å². The molecular weight excluding hydrogens is 349 g/mol. The fraction of sp³-hybridized carbons (Fsp3) is 0.357. The smallest absolute Gasteiger partial charge is 0.252 e. The molecule has 1 fully saturated rings. The molecule has 2 aliphatic heterocycles. The number of hydrogen-bond donors (Lipinski definition) is 1. The van der Waals surface area contributed by atoms with Crippen molar-refractivity contribution in [2.45, 2.75) is 18.9 Å². The number of Topliss-reactive ketones (excluding diaryl/α,β-unsaturated/α-hetero) is 1. The number of halogens is 2. The van der Waals surface area contributed by atoms with Gasteiger partial charge in [-0.25, -0.2) is 17.1 Å². The predicted octanol–water partition coefficient (Wildman–Crippen LogP) is 2.06. The Morgan fingerprint density at radius 2 is 2.13 bits per heavy atom. The maximum atomic E-state index is 14.1. The lowest BCUT2D eigenvalue weighted by molar-refractivity contribution is -0.132. The quantitative estimate of drug-likeness (QED) is 0.871. The van der Waals surface area contributed by atoms with E-state index < -0.39 is 38.9 Å². The zero-order chi connectivity index (χ0) is 17.0. The third-order valence-electron chi connectivity index (χ3n) is 3.92. The van der Waals surface area contributed by atoms with E-state index >= 15 is 0 Å². The van der Waals surface area contributed by atoms with Crippen LogP contribution < -0.4 is 0 Å². The molecule has 23 heavy (non-hydrogen) atoms. The van der Waals surface area contributed by atoms with Crippen LogP contribution in [0.15, 0.2) is 29.8 Å². The van der Waals surface area contributed by atoms with Gasteiger partial charge in [0.05, 0.1) is 5.75 Å². The van der Waals surface area contributed by atoms with Crippen LogP contribution in [-0.2, 0) is 25.2 Å². The Balaban J connectivity index is 2.06. The van der Waals surface area contributed by atoms with Crippen molar-refractivity contribution in [1.82, 2.24) is 4.31 Å². The topological polar surface area (TPSA) is 83.9 Å². The Bertz CT molecular complexity index is 838. The first kappa shape index (κ1) is 16.1. The molecule has 1 atom stereocenters. The molecule has 6 nitrogen and oxygen atoms in total. The van der Waals surface area contributed by atoms with E-state index in [1.54, 1.807) is 0 Å². The van der Waals surface area contributed by atoms with Gasteiger partial charge in [0.1, 0.15) is 5.82 Å². The molecule has 3 rings (SSSR count). The van der Waals surface area contributed by atoms with E-state index in [1.165, 1.54) is 19.1 Å². The van der Waals surface area contributed by atoms with E-state index in [2.05, 4.69) is 0 Å². The summed E-state index contributed by atoms with van der Waals surface area (Å²) in [5.41, 5.74) is -2.06. The minimum Gasteiger partial charge on any atom is -0.501 e. The lowest BCUT2D eigenvalue weighted by Crippen LogP contribution is -2.33. The Labute approximate surface area is 137 Å². The highest BCUT2D eigenvalue weighted by Crippen LogP contribution is 2.42. The molecule has 9 heteroatoms. The fourth-order valence-corrected chi connectivity index (χ4v) is 4.36. The molecule has 1 aromatic rings. The highest BCUT2D eigenvalue weighted by Gasteiger charge is 2.52. The summed E-state index contributed by atoms with van der Waals surface area (Å²) in [5.74, 6) is -3.07. The van der Waals surface area contributed by atoms with Crippen molar-refractivity contribution in [3.63, 3.8) is 0 Å². The van der Waals surface area contributed by atoms with Crippen molar-refractivity contribution >= 4 is 27.4 Å². The van der Waals surface area contributed by atoms with Gasteiger partial charge in [-0.05, 0) is 31.5 Å². The number of nitrogens with zero attached hydrogens (tertiary/aromatic N) is 1. The van der Waals surface area contributed by atoms with Gasteiger partial charge in [-0.3, -0.25) is 4.79 Å². The van der Waals surface area contributed by atoms with Gasteiger partial charge < -0.3 is 9.84 Å². The molecule has 0 spiro atoms. The Kier molecular flexibility index (Phi) is 3.57. The number of carbonyl (C=O) groups excluding carboxylic acids is 1. The second kappa shape index (κ2) is 5.10. The van der Waals surface area contributed by atoms with Crippen LogP contribution in [0.25, 0.3) is 0 Å². The largest absolute Gasteiger partial charge is 0.501 e. The van der Waals surface area contributed by atoms with Crippen molar-refractivity contribution < 1.29 is 27.4 Å². The number of aliphatic hydroxyl groups is 1. The van der Waals surface area contributed by atoms with E-state index in [1.807, 2.05) is 0 Å². The number of hydrogen-bond acceptors (Lipinski definition) is 5. The zero-order valence-electron chi connectivity index (χ0n) is 12.0. The summed E-state index contributed by atoms with van der Waals surface area (Å²) < 4.78 is 44.3. The average molecular weight is 362 g/mol. The summed E-state index contributed by atoms with van der Waals surface area (Å²) in [4.78, 5) is 12.4. The molecule has 0 saturated carbocycles. The maximum Gasteiger partial charge on any atom is 0.252 e. The molecule has 1 unspecified atom stereocenters. The molecule has 0 aliphatic carbocycles. The van der Waals surface area contributed by atoms with Crippen molar-refractivity contribution in [3.8, 4) is 0 Å². The number of carbonyl (C=O) groups is 1. The van der Waals surface area contributed by atoms with E-state index in [9.17, 15) is 22.7 Å². The second-order valence-electron chi connectivity index (χ2n) is 5.48. The van der Waals surface area contributed by atoms with Gasteiger partial charge in [0.2, 0.25) is 21.4 Å². The number of ketones is 1. The monoisotopic (exact) mass is 361 g/mol. The molecule has 0 aromatic heterocycles. The first-order valence-electron chi connectivity index (χ1n) is 6.80. The van der Waals surface area contributed by atoms with E-state index in [0.717, 1.165) is 10.4 Å². The summed E-state index contributed by atoms with van der Waals surface area (Å²) in [6.07, 6.45) is 0.346. The summed E-state index contributed by atoms with van der Waals surface area (Å²) >= 11 is 5.83. The molecular formula is C14H13ClFNO5S. The van der Waals surface area contributed by atoms with Crippen molar-refractivity contribution in [1.29, 1.82) is 0 Å². The number of benzene rings is 1. The molecule has 2 aliphatic rings. The Hall–Kier alpha value is -1.80. The minimum atomic E-state index is -3.66. The second-order valence-corrected chi connectivity index (χ2v) is 7.93. The van der Waals surface area contributed by atoms with Crippen LogP contribution in [-0.4, -0.2) is 35.9 Å². The lowest BCUT2D eigenvalue weighted by Gasteiger charge is -2.26. The minimum absolute atomic E-state index is 0.0864. The molecule has 0 bridgehead atoms. The van der Waals surface area contributed by atoms with Gasteiger partial charge in [0.15, 0.2) is 0 Å². The van der Waals surface area contributed by atoms with Crippen LogP contribution in [0.2, 0.25) is 5.02 Å². The SMILES string of the molecule is CC1(c2cc(Cl)ccc2F)OC(N2CCCS2(=O)=O)=C(O)C1=O. The maximum absolute atomic E-state index is 14.1. The Morgan fingerprint density at radius 1 is 1.43 bits per heavy atom. The highest BCUT2D eigenvalue weighted by molar-refractivity contribution is 7.89. The van der Waals surface area contributed by atoms with Crippen molar-refractivity contribution in [3.05, 3.63) is 46.2 Å². The van der Waals surface area contributed by atoms with E-state index in [-0.39, 0.29) is 22.9 Å². The van der Waals surface area contributed by atoms with Gasteiger partial charge >= 0.3 is 0 Å². The third kappa shape index (κ3) is 2.36. The van der Waals surface area contributed by atoms with Gasteiger partial charge in [0, 0.05) is 17.1 Å². The van der Waals surface area contributed by atoms with Gasteiger partial charge in [-0.15, -0.1) is 0 Å². The van der Waals surface area contributed by atoms with Crippen molar-refractivity contribution in [2.75, 3.05) is 12.3 Å². The lowest BCUT2D eigenvalue weighted by atomic mass is 9.91. The van der Waals surface area contributed by atoms with Gasteiger partial charge in [-0.1, -0.05) is 11.6 Å². The zero-order valence-corrected chi connectivity index (χ0v) is 13.6. The molecule has 124 valence electrons. The van der Waals surface area contributed by atoms with Crippen LogP contribution >= 0.6 is 11.6 Å². The van der Waals surface area contributed by atoms with Gasteiger partial charge in [0.25, 0.3) is 11.7 Å². The normalized spacial score (nSPS) is 26.7. The molecule has 1 saturated heterocycles. The highest BCUT2D eigenvalue weighted by atomic mass is 35.5. The third-order valence-corrected chi connectivity index (χ3v) is 5.98. The van der Waals surface area contributed by atoms with Crippen molar-refractivity contribution in [2.24, 2.45) is 0 Å². The summed E-state index contributed by atoms with van der Waals surface area (Å²) in [7, 11) is -3.66. The number of ether oxygens (including phenoxy) is 1. The Morgan fingerprint density at radius 3 is 2.74 bits per heavy atom. The number of rotatable bonds is 2. The molecule has 0 amide bonds. The average Bonchev–Trinajstić information content (AvgIpc) is 2.94. The van der Waals surface area contributed by atoms with Crippen LogP contribution in [0.4, 0.5) is 4.39 Å². The van der Waals surface area contributed by atoms with E-state index in [4.69, 9.17) is 16.3 Å². The number of sulfonamides is 1. The fourth-order valence-electron chi connectivity index (χ4n) is 2.69. The standard InChI is InChI=1S/C14H13ClFNO5S/c1-14(9-7-8(15)3-4-10(9)16)12(19)11(18)13(22-14)17-5-2-6-23(17,20)21/h3-4,7,18H,2,5-6H2,1H3. The van der Waals surface area contributed by atoms with Crippen LogP contribution in [0, 0.1) is 5.82 Å². The van der Waals surface area contributed by atoms with Crippen LogP contribution in [0.1, 0.15) is 18.9 Å². The first-order valence-corrected chi connectivity index (χ1v) is 8.78. The molecule has 2 heterocycles. The summed E-state index contributed by atoms with van der Waals surface area (Å²) in [6, 6.07) is 3.59. The molecule has 1 aromatic carbocycles. The first-order chi connectivity index (χ1) is 10.7. The predicted molar refractivity (Wildman–Crippen MR) is 79.6 cm³/mol. The van der Waals surface area contributed by atoms with E-state index in [0.29, 0.717) is 6.42 Å². The summed E-state index contributed by atoms with van der Waals surface area (Å²) in [5, 5.41) is 10.2.